The molecule has 4 rings (SSSR count). The number of benzene rings is 2. The molecule has 0 spiro atoms. The van der Waals surface area contributed by atoms with Gasteiger partial charge in [-0.1, -0.05) is 12.1 Å². The second-order valence-electron chi connectivity index (χ2n) is 6.66. The standard InChI is InChI=1S/C20H20N2O3/c1-13(23)16-12-14(6-9-19(16)24)20(25)22-11-10-21(15-7-8-15)17-4-2-3-5-18(17)22/h2-6,9,12,15,24H,7-8,10-11H2,1H3. The van der Waals surface area contributed by atoms with Crippen molar-refractivity contribution in [1.29, 1.82) is 0 Å². The van der Waals surface area contributed by atoms with Gasteiger partial charge in [-0.05, 0) is 50.1 Å². The number of para-hydroxylation sites is 2. The average Bonchev–Trinajstić information content (AvgIpc) is 3.45. The summed E-state index contributed by atoms with van der Waals surface area (Å²) >= 11 is 0. The Morgan fingerprint density at radius 3 is 2.44 bits per heavy atom. The Hall–Kier alpha value is -2.82. The van der Waals surface area contributed by atoms with Gasteiger partial charge in [-0.15, -0.1) is 0 Å². The Morgan fingerprint density at radius 2 is 1.76 bits per heavy atom. The molecule has 5 heteroatoms. The number of ketones is 1. The minimum Gasteiger partial charge on any atom is -0.507 e. The van der Waals surface area contributed by atoms with Crippen molar-refractivity contribution in [1.82, 2.24) is 0 Å². The maximum absolute atomic E-state index is 13.1. The highest BCUT2D eigenvalue weighted by Crippen LogP contribution is 2.40. The highest BCUT2D eigenvalue weighted by Gasteiger charge is 2.35. The molecular formula is C20H20N2O3. The van der Waals surface area contributed by atoms with Gasteiger partial charge in [0.2, 0.25) is 0 Å². The number of aromatic hydroxyl groups is 1. The van der Waals surface area contributed by atoms with E-state index < -0.39 is 0 Å². The molecule has 1 saturated carbocycles. The van der Waals surface area contributed by atoms with E-state index in [0.717, 1.165) is 17.9 Å². The van der Waals surface area contributed by atoms with E-state index in [1.807, 2.05) is 18.2 Å². The third-order valence-electron chi connectivity index (χ3n) is 4.90. The number of carbonyl (C=O) groups is 2. The van der Waals surface area contributed by atoms with Gasteiger partial charge >= 0.3 is 0 Å². The molecule has 1 aliphatic heterocycles. The summed E-state index contributed by atoms with van der Waals surface area (Å²) in [7, 11) is 0. The fourth-order valence-electron chi connectivity index (χ4n) is 3.47. The number of rotatable bonds is 3. The van der Waals surface area contributed by atoms with Crippen molar-refractivity contribution in [3.05, 3.63) is 53.6 Å². The first kappa shape index (κ1) is 15.7. The topological polar surface area (TPSA) is 60.9 Å². The Bertz CT molecular complexity index is 858. The summed E-state index contributed by atoms with van der Waals surface area (Å²) < 4.78 is 0. The number of nitrogens with zero attached hydrogens (tertiary/aromatic N) is 2. The lowest BCUT2D eigenvalue weighted by molar-refractivity contribution is 0.0986. The van der Waals surface area contributed by atoms with Crippen LogP contribution in [0.25, 0.3) is 0 Å². The van der Waals surface area contributed by atoms with Gasteiger partial charge in [0.1, 0.15) is 5.75 Å². The van der Waals surface area contributed by atoms with Crippen molar-refractivity contribution >= 4 is 23.1 Å². The lowest BCUT2D eigenvalue weighted by atomic mass is 10.0. The third kappa shape index (κ3) is 2.76. The summed E-state index contributed by atoms with van der Waals surface area (Å²) in [5.41, 5.74) is 2.59. The normalized spacial score (nSPS) is 16.5. The molecule has 1 N–H and O–H groups in total. The van der Waals surface area contributed by atoms with Crippen molar-refractivity contribution in [2.75, 3.05) is 22.9 Å². The van der Waals surface area contributed by atoms with Gasteiger partial charge in [0.15, 0.2) is 5.78 Å². The molecule has 1 heterocycles. The van der Waals surface area contributed by atoms with Crippen LogP contribution in [0.3, 0.4) is 0 Å². The van der Waals surface area contributed by atoms with Crippen molar-refractivity contribution in [2.24, 2.45) is 0 Å². The molecule has 2 aliphatic rings. The Morgan fingerprint density at radius 1 is 1.04 bits per heavy atom. The zero-order chi connectivity index (χ0) is 17.6. The van der Waals surface area contributed by atoms with Crippen molar-refractivity contribution in [3.8, 4) is 5.75 Å². The number of phenols is 1. The first-order chi connectivity index (χ1) is 12.1. The fourth-order valence-corrected chi connectivity index (χ4v) is 3.47. The van der Waals surface area contributed by atoms with Crippen molar-refractivity contribution in [3.63, 3.8) is 0 Å². The molecule has 5 nitrogen and oxygen atoms in total. The molecule has 1 fully saturated rings. The summed E-state index contributed by atoms with van der Waals surface area (Å²) in [6.07, 6.45) is 2.42. The summed E-state index contributed by atoms with van der Waals surface area (Å²) in [6, 6.07) is 13.0. The molecule has 25 heavy (non-hydrogen) atoms. The largest absolute Gasteiger partial charge is 0.507 e. The van der Waals surface area contributed by atoms with Crippen molar-refractivity contribution < 1.29 is 14.7 Å². The Kier molecular flexibility index (Phi) is 3.71. The van der Waals surface area contributed by atoms with Crippen LogP contribution in [0.1, 0.15) is 40.5 Å². The molecule has 0 radical (unpaired) electrons. The first-order valence-corrected chi connectivity index (χ1v) is 8.58. The second-order valence-corrected chi connectivity index (χ2v) is 6.66. The predicted molar refractivity (Wildman–Crippen MR) is 96.6 cm³/mol. The molecule has 2 aromatic rings. The summed E-state index contributed by atoms with van der Waals surface area (Å²) in [6.45, 7) is 2.81. The van der Waals surface area contributed by atoms with Gasteiger partial charge in [0.05, 0.1) is 16.9 Å². The van der Waals surface area contributed by atoms with Crippen LogP contribution in [0.15, 0.2) is 42.5 Å². The summed E-state index contributed by atoms with van der Waals surface area (Å²) in [5, 5.41) is 9.81. The highest BCUT2D eigenvalue weighted by molar-refractivity contribution is 6.10. The number of hydrogen-bond acceptors (Lipinski definition) is 4. The van der Waals surface area contributed by atoms with Crippen LogP contribution in [-0.2, 0) is 0 Å². The molecule has 2 aromatic carbocycles. The number of amides is 1. The Balaban J connectivity index is 1.70. The van der Waals surface area contributed by atoms with E-state index in [4.69, 9.17) is 0 Å². The molecule has 1 aliphatic carbocycles. The number of carbonyl (C=O) groups excluding carboxylic acids is 2. The molecule has 0 atom stereocenters. The quantitative estimate of drug-likeness (QED) is 0.874. The number of anilines is 2. The number of Topliss-reactive ketones (excluding diaryl/α,β-unsaturated/α-hetero) is 1. The third-order valence-corrected chi connectivity index (χ3v) is 4.90. The van der Waals surface area contributed by atoms with E-state index in [-0.39, 0.29) is 23.0 Å². The number of fused-ring (bicyclic) bond motifs is 1. The van der Waals surface area contributed by atoms with E-state index in [9.17, 15) is 14.7 Å². The van der Waals surface area contributed by atoms with E-state index in [2.05, 4.69) is 11.0 Å². The molecular weight excluding hydrogens is 316 g/mol. The van der Waals surface area contributed by atoms with Crippen LogP contribution in [0.4, 0.5) is 11.4 Å². The molecule has 0 aromatic heterocycles. The highest BCUT2D eigenvalue weighted by atomic mass is 16.3. The van der Waals surface area contributed by atoms with Crippen LogP contribution in [0, 0.1) is 0 Å². The smallest absolute Gasteiger partial charge is 0.258 e. The first-order valence-electron chi connectivity index (χ1n) is 8.58. The van der Waals surface area contributed by atoms with Gasteiger partial charge in [0.25, 0.3) is 5.91 Å². The van der Waals surface area contributed by atoms with Gasteiger partial charge in [0, 0.05) is 24.7 Å². The van der Waals surface area contributed by atoms with Gasteiger partial charge in [-0.25, -0.2) is 0 Å². The second kappa shape index (κ2) is 5.92. The number of phenolic OH excluding ortho intramolecular Hbond substituents is 1. The van der Waals surface area contributed by atoms with Gasteiger partial charge in [-0.2, -0.15) is 0 Å². The molecule has 0 unspecified atom stereocenters. The SMILES string of the molecule is CC(=O)c1cc(C(=O)N2CCN(C3CC3)c3ccccc32)ccc1O. The maximum atomic E-state index is 13.1. The maximum Gasteiger partial charge on any atom is 0.258 e. The zero-order valence-corrected chi connectivity index (χ0v) is 14.1. The zero-order valence-electron chi connectivity index (χ0n) is 14.1. The van der Waals surface area contributed by atoms with E-state index >= 15 is 0 Å². The minimum absolute atomic E-state index is 0.0944. The van der Waals surface area contributed by atoms with Crippen LogP contribution in [0.2, 0.25) is 0 Å². The lowest BCUT2D eigenvalue weighted by Gasteiger charge is -2.38. The monoisotopic (exact) mass is 336 g/mol. The molecule has 128 valence electrons. The molecule has 1 amide bonds. The average molecular weight is 336 g/mol. The predicted octanol–water partition coefficient (Wildman–Crippen LogP) is 3.22. The molecule has 0 saturated heterocycles. The Labute approximate surface area is 146 Å². The number of hydrogen-bond donors (Lipinski definition) is 1. The van der Waals surface area contributed by atoms with Crippen LogP contribution >= 0.6 is 0 Å². The summed E-state index contributed by atoms with van der Waals surface area (Å²) in [5.74, 6) is -0.500. The van der Waals surface area contributed by atoms with Gasteiger partial charge < -0.3 is 14.9 Å². The fraction of sp³-hybridized carbons (Fsp3) is 0.300. The lowest BCUT2D eigenvalue weighted by Crippen LogP contribution is -2.45. The van der Waals surface area contributed by atoms with Gasteiger partial charge in [-0.3, -0.25) is 9.59 Å². The van der Waals surface area contributed by atoms with Crippen LogP contribution in [0.5, 0.6) is 5.75 Å². The summed E-state index contributed by atoms with van der Waals surface area (Å²) in [4.78, 5) is 28.9. The van der Waals surface area contributed by atoms with E-state index in [0.29, 0.717) is 18.2 Å². The minimum atomic E-state index is -0.258. The van der Waals surface area contributed by atoms with Crippen molar-refractivity contribution in [2.45, 2.75) is 25.8 Å². The van der Waals surface area contributed by atoms with Crippen LogP contribution < -0.4 is 9.80 Å². The van der Waals surface area contributed by atoms with E-state index in [1.165, 1.54) is 31.9 Å². The van der Waals surface area contributed by atoms with E-state index in [1.54, 1.807) is 11.0 Å². The molecule has 0 bridgehead atoms. The van der Waals surface area contributed by atoms with Crippen LogP contribution in [-0.4, -0.2) is 35.9 Å².